The smallest absolute Gasteiger partial charge is 0.257 e. The number of hydrogen-bond acceptors (Lipinski definition) is 3. The number of halogens is 1. The van der Waals surface area contributed by atoms with Crippen molar-refractivity contribution >= 4 is 17.3 Å². The molecule has 0 aliphatic carbocycles. The molecule has 2 rings (SSSR count). The normalized spacial score (nSPS) is 11.8. The fourth-order valence-corrected chi connectivity index (χ4v) is 1.79. The van der Waals surface area contributed by atoms with Crippen LogP contribution in [0.25, 0.3) is 0 Å². The van der Waals surface area contributed by atoms with Gasteiger partial charge in [-0.05, 0) is 31.5 Å². The Kier molecular flexibility index (Phi) is 4.87. The summed E-state index contributed by atoms with van der Waals surface area (Å²) in [5, 5.41) is 5.78. The maximum Gasteiger partial charge on any atom is 0.257 e. The van der Waals surface area contributed by atoms with E-state index in [2.05, 4.69) is 22.5 Å². The van der Waals surface area contributed by atoms with Crippen molar-refractivity contribution in [2.24, 2.45) is 0 Å². The van der Waals surface area contributed by atoms with Crippen molar-refractivity contribution in [1.29, 1.82) is 0 Å². The van der Waals surface area contributed by atoms with Crippen LogP contribution < -0.4 is 10.6 Å². The van der Waals surface area contributed by atoms with Gasteiger partial charge < -0.3 is 10.6 Å². The van der Waals surface area contributed by atoms with E-state index in [9.17, 15) is 9.18 Å². The molecule has 2 N–H and O–H groups in total. The van der Waals surface area contributed by atoms with Crippen molar-refractivity contribution < 1.29 is 9.18 Å². The molecule has 0 radical (unpaired) electrons. The number of rotatable bonds is 5. The van der Waals surface area contributed by atoms with Crippen molar-refractivity contribution in [3.8, 4) is 0 Å². The van der Waals surface area contributed by atoms with Gasteiger partial charge in [0.25, 0.3) is 5.91 Å². The highest BCUT2D eigenvalue weighted by molar-refractivity contribution is 6.04. The first-order chi connectivity index (χ1) is 10.1. The van der Waals surface area contributed by atoms with E-state index in [1.165, 1.54) is 18.3 Å². The molecule has 110 valence electrons. The summed E-state index contributed by atoms with van der Waals surface area (Å²) < 4.78 is 13.5. The summed E-state index contributed by atoms with van der Waals surface area (Å²) in [5.74, 6) is -0.854. The summed E-state index contributed by atoms with van der Waals surface area (Å²) in [6.45, 7) is 4.12. The van der Waals surface area contributed by atoms with Crippen LogP contribution in [0.5, 0.6) is 0 Å². The number of nitrogens with zero attached hydrogens (tertiary/aromatic N) is 1. The second-order valence-electron chi connectivity index (χ2n) is 4.85. The number of carbonyl (C=O) groups is 1. The standard InChI is InChI=1S/C16H18FN3O/c1-3-11(2)19-13-8-12(9-18-10-13)16(21)20-15-7-5-4-6-14(15)17/h4-11,19H,3H2,1-2H3,(H,20,21). The minimum atomic E-state index is -0.465. The minimum absolute atomic E-state index is 0.155. The molecule has 0 bridgehead atoms. The highest BCUT2D eigenvalue weighted by Gasteiger charge is 2.10. The average molecular weight is 287 g/mol. The Labute approximate surface area is 123 Å². The van der Waals surface area contributed by atoms with Crippen LogP contribution in [0.4, 0.5) is 15.8 Å². The van der Waals surface area contributed by atoms with Gasteiger partial charge in [0.2, 0.25) is 0 Å². The van der Waals surface area contributed by atoms with E-state index in [1.54, 1.807) is 24.4 Å². The van der Waals surface area contributed by atoms with E-state index in [4.69, 9.17) is 0 Å². The van der Waals surface area contributed by atoms with Crippen LogP contribution in [0.15, 0.2) is 42.7 Å². The SMILES string of the molecule is CCC(C)Nc1cncc(C(=O)Nc2ccccc2F)c1. The minimum Gasteiger partial charge on any atom is -0.381 e. The molecule has 0 saturated heterocycles. The fourth-order valence-electron chi connectivity index (χ4n) is 1.79. The number of pyridine rings is 1. The third-order valence-corrected chi connectivity index (χ3v) is 3.15. The lowest BCUT2D eigenvalue weighted by molar-refractivity contribution is 0.102. The Balaban J connectivity index is 2.12. The van der Waals surface area contributed by atoms with Gasteiger partial charge in [-0.1, -0.05) is 19.1 Å². The maximum atomic E-state index is 13.5. The molecule has 0 spiro atoms. The van der Waals surface area contributed by atoms with Gasteiger partial charge in [0.1, 0.15) is 5.82 Å². The van der Waals surface area contributed by atoms with Crippen LogP contribution in [0.2, 0.25) is 0 Å². The van der Waals surface area contributed by atoms with E-state index in [1.807, 2.05) is 6.92 Å². The van der Waals surface area contributed by atoms with Gasteiger partial charge >= 0.3 is 0 Å². The summed E-state index contributed by atoms with van der Waals surface area (Å²) in [4.78, 5) is 16.2. The van der Waals surface area contributed by atoms with Crippen LogP contribution in [0, 0.1) is 5.82 Å². The summed E-state index contributed by atoms with van der Waals surface area (Å²) in [7, 11) is 0. The lowest BCUT2D eigenvalue weighted by Crippen LogP contribution is -2.16. The Morgan fingerprint density at radius 3 is 2.81 bits per heavy atom. The van der Waals surface area contributed by atoms with Crippen LogP contribution in [0.3, 0.4) is 0 Å². The van der Waals surface area contributed by atoms with E-state index in [0.717, 1.165) is 12.1 Å². The van der Waals surface area contributed by atoms with E-state index in [0.29, 0.717) is 5.56 Å². The Hall–Kier alpha value is -2.43. The number of hydrogen-bond donors (Lipinski definition) is 2. The number of aromatic nitrogens is 1. The van der Waals surface area contributed by atoms with Gasteiger partial charge in [-0.3, -0.25) is 9.78 Å². The molecule has 0 saturated carbocycles. The summed E-state index contributed by atoms with van der Waals surface area (Å²) >= 11 is 0. The monoisotopic (exact) mass is 287 g/mol. The molecule has 0 fully saturated rings. The average Bonchev–Trinajstić information content (AvgIpc) is 2.49. The van der Waals surface area contributed by atoms with Crippen molar-refractivity contribution in [2.75, 3.05) is 10.6 Å². The molecule has 1 amide bonds. The zero-order chi connectivity index (χ0) is 15.2. The van der Waals surface area contributed by atoms with E-state index in [-0.39, 0.29) is 17.6 Å². The largest absolute Gasteiger partial charge is 0.381 e. The zero-order valence-electron chi connectivity index (χ0n) is 12.1. The summed E-state index contributed by atoms with van der Waals surface area (Å²) in [6, 6.07) is 8.05. The van der Waals surface area contributed by atoms with Crippen molar-refractivity contribution in [1.82, 2.24) is 4.98 Å². The molecule has 5 heteroatoms. The quantitative estimate of drug-likeness (QED) is 0.882. The molecule has 21 heavy (non-hydrogen) atoms. The molecule has 4 nitrogen and oxygen atoms in total. The van der Waals surface area contributed by atoms with Gasteiger partial charge in [-0.2, -0.15) is 0 Å². The third-order valence-electron chi connectivity index (χ3n) is 3.15. The number of carbonyl (C=O) groups excluding carboxylic acids is 1. The van der Waals surface area contributed by atoms with Gasteiger partial charge in [0, 0.05) is 18.4 Å². The predicted molar refractivity (Wildman–Crippen MR) is 82.0 cm³/mol. The lowest BCUT2D eigenvalue weighted by Gasteiger charge is -2.13. The van der Waals surface area contributed by atoms with Crippen molar-refractivity contribution in [3.63, 3.8) is 0 Å². The Bertz CT molecular complexity index is 630. The van der Waals surface area contributed by atoms with Crippen LogP contribution in [0.1, 0.15) is 30.6 Å². The lowest BCUT2D eigenvalue weighted by atomic mass is 10.2. The second-order valence-corrected chi connectivity index (χ2v) is 4.85. The van der Waals surface area contributed by atoms with Gasteiger partial charge in [-0.25, -0.2) is 4.39 Å². The second kappa shape index (κ2) is 6.83. The third kappa shape index (κ3) is 4.02. The first kappa shape index (κ1) is 15.0. The molecule has 0 aliphatic heterocycles. The topological polar surface area (TPSA) is 54.0 Å². The molecule has 1 unspecified atom stereocenters. The number of anilines is 2. The first-order valence-electron chi connectivity index (χ1n) is 6.87. The number of nitrogens with one attached hydrogen (secondary N) is 2. The van der Waals surface area contributed by atoms with Crippen LogP contribution >= 0.6 is 0 Å². The maximum absolute atomic E-state index is 13.5. The molecule has 1 atom stereocenters. The molecule has 1 aromatic heterocycles. The number of amides is 1. The first-order valence-corrected chi connectivity index (χ1v) is 6.87. The molecule has 0 aliphatic rings. The predicted octanol–water partition coefficient (Wildman–Crippen LogP) is 3.68. The van der Waals surface area contributed by atoms with Crippen LogP contribution in [-0.4, -0.2) is 16.9 Å². The summed E-state index contributed by atoms with van der Waals surface area (Å²) in [6.07, 6.45) is 4.08. The van der Waals surface area contributed by atoms with Gasteiger partial charge in [-0.15, -0.1) is 0 Å². The van der Waals surface area contributed by atoms with Crippen molar-refractivity contribution in [3.05, 3.63) is 54.1 Å². The number of benzene rings is 1. The number of para-hydroxylation sites is 1. The molecule has 1 aromatic carbocycles. The molecule has 2 aromatic rings. The van der Waals surface area contributed by atoms with Gasteiger partial charge in [0.05, 0.1) is 16.9 Å². The fraction of sp³-hybridized carbons (Fsp3) is 0.250. The van der Waals surface area contributed by atoms with Gasteiger partial charge in [0.15, 0.2) is 0 Å². The molecule has 1 heterocycles. The highest BCUT2D eigenvalue weighted by Crippen LogP contribution is 2.16. The van der Waals surface area contributed by atoms with E-state index >= 15 is 0 Å². The molecular weight excluding hydrogens is 269 g/mol. The van der Waals surface area contributed by atoms with Crippen molar-refractivity contribution in [2.45, 2.75) is 26.3 Å². The van der Waals surface area contributed by atoms with E-state index < -0.39 is 5.82 Å². The zero-order valence-corrected chi connectivity index (χ0v) is 12.1. The highest BCUT2D eigenvalue weighted by atomic mass is 19.1. The summed E-state index contributed by atoms with van der Waals surface area (Å²) in [5.41, 5.74) is 1.31. The Morgan fingerprint density at radius 1 is 1.33 bits per heavy atom. The van der Waals surface area contributed by atoms with Crippen LogP contribution in [-0.2, 0) is 0 Å². The Morgan fingerprint density at radius 2 is 2.10 bits per heavy atom. The molecular formula is C16H18FN3O.